The van der Waals surface area contributed by atoms with Gasteiger partial charge >= 0.3 is 0 Å². The molecule has 4 nitrogen and oxygen atoms in total. The third kappa shape index (κ3) is 5.89. The molecular formula is C27H34I2N4. The first-order valence-corrected chi connectivity index (χ1v) is 13.4. The second-order valence-corrected chi connectivity index (χ2v) is 7.75. The van der Waals surface area contributed by atoms with Crippen LogP contribution in [0.1, 0.15) is 20.3 Å². The van der Waals surface area contributed by atoms with E-state index < -0.39 is 0 Å². The zero-order chi connectivity index (χ0) is 23.1. The fourth-order valence-corrected chi connectivity index (χ4v) is 4.44. The number of hydrogen-bond acceptors (Lipinski definition) is 3. The summed E-state index contributed by atoms with van der Waals surface area (Å²) in [4.78, 5) is 4.44. The minimum Gasteiger partial charge on any atom is -1.00 e. The van der Waals surface area contributed by atoms with Gasteiger partial charge in [0.2, 0.25) is 11.2 Å². The molecular weight excluding hydrogens is 634 g/mol. The SMILES string of the molecule is CCN(CC)CCC[n+]1c(-c2ccccc2)c2ccccc2c2c(N)c(N)ccc21.CI.[I-]. The van der Waals surface area contributed by atoms with Gasteiger partial charge in [0.15, 0.2) is 6.54 Å². The lowest BCUT2D eigenvalue weighted by Gasteiger charge is -2.18. The van der Waals surface area contributed by atoms with E-state index in [9.17, 15) is 0 Å². The molecule has 0 saturated carbocycles. The summed E-state index contributed by atoms with van der Waals surface area (Å²) in [7, 11) is 0. The van der Waals surface area contributed by atoms with Gasteiger partial charge in [-0.1, -0.05) is 72.8 Å². The van der Waals surface area contributed by atoms with Crippen LogP contribution in [0.5, 0.6) is 0 Å². The first kappa shape index (κ1) is 27.6. The van der Waals surface area contributed by atoms with E-state index >= 15 is 0 Å². The molecule has 0 aliphatic carbocycles. The summed E-state index contributed by atoms with van der Waals surface area (Å²) >= 11 is 2.15. The molecule has 0 aliphatic heterocycles. The maximum Gasteiger partial charge on any atom is 0.220 e. The number of aromatic nitrogens is 1. The third-order valence-electron chi connectivity index (χ3n) is 6.07. The Balaban J connectivity index is 0.00000125. The zero-order valence-corrected chi connectivity index (χ0v) is 24.0. The van der Waals surface area contributed by atoms with Crippen LogP contribution in [-0.4, -0.2) is 29.5 Å². The van der Waals surface area contributed by atoms with Crippen LogP contribution in [0.15, 0.2) is 66.7 Å². The van der Waals surface area contributed by atoms with Gasteiger partial charge in [0.1, 0.15) is 0 Å². The molecule has 0 amide bonds. The topological polar surface area (TPSA) is 59.2 Å². The molecule has 0 saturated heterocycles. The Bertz CT molecular complexity index is 1180. The zero-order valence-electron chi connectivity index (χ0n) is 19.7. The van der Waals surface area contributed by atoms with Gasteiger partial charge in [-0.05, 0) is 42.3 Å². The average molecular weight is 668 g/mol. The van der Waals surface area contributed by atoms with Crippen LogP contribution in [0.4, 0.5) is 11.4 Å². The van der Waals surface area contributed by atoms with Gasteiger partial charge in [0.25, 0.3) is 0 Å². The molecule has 0 atom stereocenters. The van der Waals surface area contributed by atoms with Gasteiger partial charge in [-0.25, -0.2) is 0 Å². The van der Waals surface area contributed by atoms with Crippen molar-refractivity contribution in [1.29, 1.82) is 0 Å². The van der Waals surface area contributed by atoms with E-state index in [2.05, 4.69) is 107 Å². The quantitative estimate of drug-likeness (QED) is 0.105. The van der Waals surface area contributed by atoms with Crippen molar-refractivity contribution in [3.8, 4) is 11.3 Å². The van der Waals surface area contributed by atoms with Gasteiger partial charge < -0.3 is 40.3 Å². The van der Waals surface area contributed by atoms with E-state index in [1.165, 1.54) is 16.6 Å². The molecule has 176 valence electrons. The molecule has 3 aromatic carbocycles. The van der Waals surface area contributed by atoms with E-state index in [0.29, 0.717) is 11.4 Å². The van der Waals surface area contributed by atoms with Crippen LogP contribution in [0.25, 0.3) is 32.9 Å². The van der Waals surface area contributed by atoms with Crippen LogP contribution in [0.3, 0.4) is 0 Å². The summed E-state index contributed by atoms with van der Waals surface area (Å²) in [6.07, 6.45) is 1.07. The number of aryl methyl sites for hydroxylation is 1. The maximum atomic E-state index is 6.52. The smallest absolute Gasteiger partial charge is 0.220 e. The number of nitrogens with two attached hydrogens (primary N) is 2. The molecule has 6 heteroatoms. The minimum absolute atomic E-state index is 0. The molecule has 4 N–H and O–H groups in total. The fourth-order valence-electron chi connectivity index (χ4n) is 4.44. The van der Waals surface area contributed by atoms with E-state index in [0.717, 1.165) is 48.9 Å². The number of fused-ring (bicyclic) bond motifs is 3. The molecule has 33 heavy (non-hydrogen) atoms. The van der Waals surface area contributed by atoms with E-state index in [1.54, 1.807) is 0 Å². The van der Waals surface area contributed by atoms with Gasteiger partial charge in [-0.15, -0.1) is 0 Å². The standard InChI is InChI=1S/C26H30N4.CH3I.HI/c1-3-29(4-2)17-10-18-30-23-16-15-22(27)25(28)24(23)20-13-8-9-14-21(20)26(30)19-11-6-5-7-12-19;1-2;/h5-9,11-16,28H,3-4,10,17-18,27H2,1-2H3;1H3;1H. The van der Waals surface area contributed by atoms with Crippen molar-refractivity contribution in [1.82, 2.24) is 4.90 Å². The Hall–Kier alpha value is -1.65. The van der Waals surface area contributed by atoms with E-state index in [1.807, 2.05) is 11.0 Å². The predicted octanol–water partition coefficient (Wildman–Crippen LogP) is 2.90. The Kier molecular flexibility index (Phi) is 11.1. The number of alkyl halides is 1. The molecule has 4 rings (SSSR count). The highest BCUT2D eigenvalue weighted by Crippen LogP contribution is 2.36. The molecule has 0 fully saturated rings. The van der Waals surface area contributed by atoms with Crippen molar-refractivity contribution >= 4 is 55.6 Å². The monoisotopic (exact) mass is 668 g/mol. The molecule has 0 bridgehead atoms. The van der Waals surface area contributed by atoms with Crippen LogP contribution in [0.2, 0.25) is 0 Å². The first-order valence-electron chi connectivity index (χ1n) is 11.2. The lowest BCUT2D eigenvalue weighted by atomic mass is 9.97. The van der Waals surface area contributed by atoms with Crippen LogP contribution in [-0.2, 0) is 6.54 Å². The fraction of sp³-hybridized carbons (Fsp3) is 0.296. The predicted molar refractivity (Wildman–Crippen MR) is 148 cm³/mol. The van der Waals surface area contributed by atoms with E-state index in [-0.39, 0.29) is 24.0 Å². The summed E-state index contributed by atoms with van der Waals surface area (Å²) in [6, 6.07) is 23.2. The second-order valence-electron chi connectivity index (χ2n) is 7.75. The molecule has 1 heterocycles. The van der Waals surface area contributed by atoms with Gasteiger partial charge in [-0.2, -0.15) is 4.57 Å². The second kappa shape index (κ2) is 13.3. The van der Waals surface area contributed by atoms with Crippen molar-refractivity contribution in [3.05, 3.63) is 66.7 Å². The lowest BCUT2D eigenvalue weighted by molar-refractivity contribution is -0.659. The number of nitrogen functional groups attached to an aromatic ring is 2. The highest BCUT2D eigenvalue weighted by molar-refractivity contribution is 14.1. The number of hydrogen-bond donors (Lipinski definition) is 2. The molecule has 0 radical (unpaired) electrons. The number of benzene rings is 3. The molecule has 0 aliphatic rings. The van der Waals surface area contributed by atoms with Crippen LogP contribution >= 0.6 is 22.6 Å². The Morgan fingerprint density at radius 1 is 0.818 bits per heavy atom. The highest BCUT2D eigenvalue weighted by atomic mass is 127. The Morgan fingerprint density at radius 2 is 1.42 bits per heavy atom. The average Bonchev–Trinajstić information content (AvgIpc) is 2.85. The van der Waals surface area contributed by atoms with Gasteiger partial charge in [0, 0.05) is 30.0 Å². The normalized spacial score (nSPS) is 10.7. The molecule has 4 aromatic rings. The number of halogens is 2. The minimum atomic E-state index is 0. The summed E-state index contributed by atoms with van der Waals surface area (Å²) in [5, 5.41) is 3.40. The summed E-state index contributed by atoms with van der Waals surface area (Å²) < 4.78 is 2.44. The first-order chi connectivity index (χ1) is 15.7. The summed E-state index contributed by atoms with van der Waals surface area (Å²) in [6.45, 7) is 8.60. The van der Waals surface area contributed by atoms with Crippen molar-refractivity contribution in [2.75, 3.05) is 36.0 Å². The van der Waals surface area contributed by atoms with Crippen LogP contribution in [0, 0.1) is 0 Å². The van der Waals surface area contributed by atoms with Crippen molar-refractivity contribution in [2.45, 2.75) is 26.8 Å². The third-order valence-corrected chi connectivity index (χ3v) is 6.07. The summed E-state index contributed by atoms with van der Waals surface area (Å²) in [5.74, 6) is 0. The number of rotatable bonds is 7. The lowest BCUT2D eigenvalue weighted by Crippen LogP contribution is -3.00. The Labute approximate surface area is 228 Å². The van der Waals surface area contributed by atoms with Crippen molar-refractivity contribution in [3.63, 3.8) is 0 Å². The highest BCUT2D eigenvalue weighted by Gasteiger charge is 2.24. The van der Waals surface area contributed by atoms with Gasteiger partial charge in [-0.3, -0.25) is 0 Å². The van der Waals surface area contributed by atoms with Gasteiger partial charge in [0.05, 0.1) is 22.1 Å². The maximum absolute atomic E-state index is 6.52. The molecule has 0 unspecified atom stereocenters. The van der Waals surface area contributed by atoms with E-state index in [4.69, 9.17) is 11.5 Å². The molecule has 0 spiro atoms. The number of nitrogens with zero attached hydrogens (tertiary/aromatic N) is 2. The number of anilines is 2. The van der Waals surface area contributed by atoms with Crippen molar-refractivity contribution in [2.24, 2.45) is 0 Å². The largest absolute Gasteiger partial charge is 1.00 e. The summed E-state index contributed by atoms with van der Waals surface area (Å²) in [5.41, 5.74) is 17.6. The Morgan fingerprint density at radius 3 is 2.06 bits per heavy atom. The number of pyridine rings is 1. The molecule has 1 aromatic heterocycles. The van der Waals surface area contributed by atoms with Crippen LogP contribution < -0.4 is 40.0 Å². The van der Waals surface area contributed by atoms with Crippen molar-refractivity contribution < 1.29 is 28.5 Å².